The lowest BCUT2D eigenvalue weighted by Crippen LogP contribution is -2.33. The summed E-state index contributed by atoms with van der Waals surface area (Å²) in [6.07, 6.45) is 0.508. The molecule has 0 bridgehead atoms. The molecule has 2 N–H and O–H groups in total. The van der Waals surface area contributed by atoms with Crippen LogP contribution in [0.15, 0.2) is 28.8 Å². The third kappa shape index (κ3) is 4.32. The summed E-state index contributed by atoms with van der Waals surface area (Å²) in [6, 6.07) is 6.96. The van der Waals surface area contributed by atoms with E-state index < -0.39 is 0 Å². The molecule has 1 amide bonds. The first-order valence-corrected chi connectivity index (χ1v) is 7.58. The van der Waals surface area contributed by atoms with Gasteiger partial charge in [0.05, 0.1) is 16.8 Å². The number of aliphatic hydroxyl groups is 1. The highest BCUT2D eigenvalue weighted by Crippen LogP contribution is 2.21. The van der Waals surface area contributed by atoms with E-state index in [1.165, 1.54) is 0 Å². The van der Waals surface area contributed by atoms with E-state index in [1.54, 1.807) is 18.2 Å². The SMILES string of the molecule is Cc1noc(C)c1COc1ccccc1C(=O)NC(C)CCO. The average molecular weight is 318 g/mol. The first kappa shape index (κ1) is 17.0. The summed E-state index contributed by atoms with van der Waals surface area (Å²) >= 11 is 0. The van der Waals surface area contributed by atoms with Crippen molar-refractivity contribution in [1.29, 1.82) is 0 Å². The second kappa shape index (κ2) is 7.78. The zero-order chi connectivity index (χ0) is 16.8. The lowest BCUT2D eigenvalue weighted by molar-refractivity contribution is 0.0930. The van der Waals surface area contributed by atoms with E-state index in [4.69, 9.17) is 14.4 Å². The Balaban J connectivity index is 2.10. The van der Waals surface area contributed by atoms with Crippen LogP contribution in [0.25, 0.3) is 0 Å². The second-order valence-corrected chi connectivity index (χ2v) is 5.47. The molecule has 1 atom stereocenters. The van der Waals surface area contributed by atoms with Gasteiger partial charge in [-0.2, -0.15) is 0 Å². The summed E-state index contributed by atoms with van der Waals surface area (Å²) in [4.78, 5) is 12.3. The van der Waals surface area contributed by atoms with Crippen LogP contribution in [-0.2, 0) is 6.61 Å². The molecule has 0 spiro atoms. The fraction of sp³-hybridized carbons (Fsp3) is 0.412. The van der Waals surface area contributed by atoms with E-state index in [-0.39, 0.29) is 25.2 Å². The lowest BCUT2D eigenvalue weighted by Gasteiger charge is -2.15. The van der Waals surface area contributed by atoms with Gasteiger partial charge in [-0.05, 0) is 39.3 Å². The maximum Gasteiger partial charge on any atom is 0.255 e. The van der Waals surface area contributed by atoms with Gasteiger partial charge < -0.3 is 19.7 Å². The number of aromatic nitrogens is 1. The summed E-state index contributed by atoms with van der Waals surface area (Å²) in [6.45, 7) is 5.85. The van der Waals surface area contributed by atoms with Crippen molar-refractivity contribution in [3.8, 4) is 5.75 Å². The van der Waals surface area contributed by atoms with Gasteiger partial charge in [0.25, 0.3) is 5.91 Å². The number of carbonyl (C=O) groups excluding carboxylic acids is 1. The van der Waals surface area contributed by atoms with Crippen LogP contribution in [0.4, 0.5) is 0 Å². The first-order valence-electron chi connectivity index (χ1n) is 7.58. The molecule has 1 unspecified atom stereocenters. The smallest absolute Gasteiger partial charge is 0.255 e. The molecule has 124 valence electrons. The van der Waals surface area contributed by atoms with Crippen LogP contribution in [-0.4, -0.2) is 28.8 Å². The molecule has 0 aliphatic heterocycles. The van der Waals surface area contributed by atoms with Crippen LogP contribution in [0.1, 0.15) is 40.7 Å². The number of hydrogen-bond acceptors (Lipinski definition) is 5. The van der Waals surface area contributed by atoms with Gasteiger partial charge in [-0.25, -0.2) is 0 Å². The highest BCUT2D eigenvalue weighted by atomic mass is 16.5. The average Bonchev–Trinajstić information content (AvgIpc) is 2.84. The molecule has 1 aromatic heterocycles. The van der Waals surface area contributed by atoms with Gasteiger partial charge in [-0.1, -0.05) is 17.3 Å². The highest BCUT2D eigenvalue weighted by molar-refractivity contribution is 5.97. The van der Waals surface area contributed by atoms with Gasteiger partial charge >= 0.3 is 0 Å². The molecular formula is C17H22N2O4. The summed E-state index contributed by atoms with van der Waals surface area (Å²) in [5.74, 6) is 0.988. The van der Waals surface area contributed by atoms with Gasteiger partial charge in [0.1, 0.15) is 18.1 Å². The monoisotopic (exact) mass is 318 g/mol. The third-order valence-electron chi connectivity index (χ3n) is 3.62. The largest absolute Gasteiger partial charge is 0.488 e. The Morgan fingerprint density at radius 2 is 2.13 bits per heavy atom. The van der Waals surface area contributed by atoms with Crippen molar-refractivity contribution in [1.82, 2.24) is 10.5 Å². The number of carbonyl (C=O) groups is 1. The molecule has 0 aliphatic carbocycles. The molecule has 0 saturated carbocycles. The zero-order valence-electron chi connectivity index (χ0n) is 13.6. The standard InChI is InChI=1S/C17H22N2O4/c1-11(8-9-20)18-17(21)14-6-4-5-7-16(14)22-10-15-12(2)19-23-13(15)3/h4-7,11,20H,8-10H2,1-3H3,(H,18,21). The molecule has 6 heteroatoms. The molecule has 0 fully saturated rings. The van der Waals surface area contributed by atoms with Gasteiger partial charge in [0.2, 0.25) is 0 Å². The summed E-state index contributed by atoms with van der Waals surface area (Å²) < 4.78 is 10.9. The molecule has 0 saturated heterocycles. The number of amides is 1. The predicted molar refractivity (Wildman–Crippen MR) is 85.4 cm³/mol. The lowest BCUT2D eigenvalue weighted by atomic mass is 10.1. The van der Waals surface area contributed by atoms with Crippen LogP contribution in [0, 0.1) is 13.8 Å². The topological polar surface area (TPSA) is 84.6 Å². The minimum Gasteiger partial charge on any atom is -0.488 e. The Labute approximate surface area is 135 Å². The number of benzene rings is 1. The number of para-hydroxylation sites is 1. The molecule has 0 radical (unpaired) electrons. The summed E-state index contributed by atoms with van der Waals surface area (Å²) in [7, 11) is 0. The van der Waals surface area contributed by atoms with E-state index >= 15 is 0 Å². The number of aliphatic hydroxyl groups excluding tert-OH is 1. The van der Waals surface area contributed by atoms with Crippen LogP contribution < -0.4 is 10.1 Å². The molecule has 23 heavy (non-hydrogen) atoms. The number of nitrogens with zero attached hydrogens (tertiary/aromatic N) is 1. The van der Waals surface area contributed by atoms with E-state index in [0.29, 0.717) is 23.5 Å². The number of aryl methyl sites for hydroxylation is 2. The molecular weight excluding hydrogens is 296 g/mol. The molecule has 2 rings (SSSR count). The Kier molecular flexibility index (Phi) is 5.76. The number of rotatable bonds is 7. The van der Waals surface area contributed by atoms with Gasteiger partial charge in [-0.15, -0.1) is 0 Å². The van der Waals surface area contributed by atoms with Gasteiger partial charge in [0, 0.05) is 12.6 Å². The van der Waals surface area contributed by atoms with Crippen LogP contribution in [0.3, 0.4) is 0 Å². The molecule has 2 aromatic rings. The summed E-state index contributed by atoms with van der Waals surface area (Å²) in [5, 5.41) is 15.7. The van der Waals surface area contributed by atoms with Gasteiger partial charge in [0.15, 0.2) is 0 Å². The molecule has 1 heterocycles. The van der Waals surface area contributed by atoms with Crippen molar-refractivity contribution in [3.05, 3.63) is 46.8 Å². The fourth-order valence-corrected chi connectivity index (χ4v) is 2.21. The normalized spacial score (nSPS) is 12.0. The Hall–Kier alpha value is -2.34. The summed E-state index contributed by atoms with van der Waals surface area (Å²) in [5.41, 5.74) is 2.12. The van der Waals surface area contributed by atoms with Crippen molar-refractivity contribution in [2.24, 2.45) is 0 Å². The maximum absolute atomic E-state index is 12.3. The predicted octanol–water partition coefficient (Wildman–Crippen LogP) is 2.37. The molecule has 6 nitrogen and oxygen atoms in total. The van der Waals surface area contributed by atoms with Crippen molar-refractivity contribution in [2.45, 2.75) is 39.8 Å². The highest BCUT2D eigenvalue weighted by Gasteiger charge is 2.16. The van der Waals surface area contributed by atoms with E-state index in [1.807, 2.05) is 26.8 Å². The molecule has 0 aliphatic rings. The van der Waals surface area contributed by atoms with Crippen LogP contribution in [0.2, 0.25) is 0 Å². The van der Waals surface area contributed by atoms with Crippen molar-refractivity contribution in [3.63, 3.8) is 0 Å². The Morgan fingerprint density at radius 3 is 2.78 bits per heavy atom. The minimum atomic E-state index is -0.222. The van der Waals surface area contributed by atoms with Crippen LogP contribution >= 0.6 is 0 Å². The van der Waals surface area contributed by atoms with E-state index in [0.717, 1.165) is 11.3 Å². The second-order valence-electron chi connectivity index (χ2n) is 5.47. The quantitative estimate of drug-likeness (QED) is 0.819. The number of ether oxygens (including phenoxy) is 1. The third-order valence-corrected chi connectivity index (χ3v) is 3.62. The number of nitrogens with one attached hydrogen (secondary N) is 1. The Bertz CT molecular complexity index is 647. The maximum atomic E-state index is 12.3. The van der Waals surface area contributed by atoms with E-state index in [9.17, 15) is 4.79 Å². The van der Waals surface area contributed by atoms with Crippen molar-refractivity contribution < 1.29 is 19.2 Å². The zero-order valence-corrected chi connectivity index (χ0v) is 13.6. The Morgan fingerprint density at radius 1 is 1.39 bits per heavy atom. The fourth-order valence-electron chi connectivity index (χ4n) is 2.21. The number of hydrogen-bond donors (Lipinski definition) is 2. The van der Waals surface area contributed by atoms with Gasteiger partial charge in [-0.3, -0.25) is 4.79 Å². The van der Waals surface area contributed by atoms with E-state index in [2.05, 4.69) is 10.5 Å². The first-order chi connectivity index (χ1) is 11.0. The van der Waals surface area contributed by atoms with Crippen LogP contribution in [0.5, 0.6) is 5.75 Å². The minimum absolute atomic E-state index is 0.0334. The molecule has 1 aromatic carbocycles. The van der Waals surface area contributed by atoms with Crippen molar-refractivity contribution >= 4 is 5.91 Å². The van der Waals surface area contributed by atoms with Crippen molar-refractivity contribution in [2.75, 3.05) is 6.61 Å².